The molecule has 1 amide bonds. The summed E-state index contributed by atoms with van der Waals surface area (Å²) < 4.78 is 11.9. The smallest absolute Gasteiger partial charge is 0.336 e. The van der Waals surface area contributed by atoms with Crippen molar-refractivity contribution in [3.8, 4) is 5.75 Å². The van der Waals surface area contributed by atoms with E-state index >= 15 is 0 Å². The Bertz CT molecular complexity index is 1440. The molecule has 5 aromatic rings. The van der Waals surface area contributed by atoms with Crippen molar-refractivity contribution in [2.24, 2.45) is 0 Å². The summed E-state index contributed by atoms with van der Waals surface area (Å²) in [5.41, 5.74) is 2.81. The number of rotatable bonds is 6. The molecule has 0 aliphatic rings. The first-order valence-corrected chi connectivity index (χ1v) is 10.8. The molecule has 0 atom stereocenters. The first-order valence-electron chi connectivity index (χ1n) is 10.0. The van der Waals surface area contributed by atoms with Gasteiger partial charge in [0.15, 0.2) is 6.61 Å². The van der Waals surface area contributed by atoms with Crippen molar-refractivity contribution in [1.29, 1.82) is 0 Å². The molecule has 158 valence electrons. The maximum atomic E-state index is 12.3. The van der Waals surface area contributed by atoms with E-state index in [1.807, 2.05) is 42.5 Å². The Morgan fingerprint density at radius 3 is 2.66 bits per heavy atom. The van der Waals surface area contributed by atoms with Crippen LogP contribution in [0.1, 0.15) is 10.6 Å². The van der Waals surface area contributed by atoms with E-state index in [2.05, 4.69) is 16.4 Å². The van der Waals surface area contributed by atoms with E-state index in [1.54, 1.807) is 35.6 Å². The number of ether oxygens (including phenoxy) is 1. The highest BCUT2D eigenvalue weighted by Gasteiger charge is 2.07. The molecule has 6 nitrogen and oxygen atoms in total. The third-order valence-electron chi connectivity index (χ3n) is 4.90. The molecule has 0 saturated carbocycles. The second kappa shape index (κ2) is 8.64. The van der Waals surface area contributed by atoms with Crippen LogP contribution in [0.25, 0.3) is 21.2 Å². The molecular formula is C25H18N2O4S. The van der Waals surface area contributed by atoms with Crippen LogP contribution >= 0.6 is 11.3 Å². The lowest BCUT2D eigenvalue weighted by Gasteiger charge is -2.08. The maximum absolute atomic E-state index is 12.3. The van der Waals surface area contributed by atoms with Crippen LogP contribution in [0.15, 0.2) is 88.1 Å². The Morgan fingerprint density at radius 2 is 1.81 bits per heavy atom. The third kappa shape index (κ3) is 4.53. The monoisotopic (exact) mass is 442 g/mol. The minimum Gasteiger partial charge on any atom is -0.484 e. The van der Waals surface area contributed by atoms with Crippen LogP contribution in [0, 0.1) is 0 Å². The van der Waals surface area contributed by atoms with Gasteiger partial charge < -0.3 is 14.5 Å². The number of carbonyl (C=O) groups excluding carboxylic acids is 1. The molecule has 0 radical (unpaired) electrons. The Morgan fingerprint density at radius 1 is 1.00 bits per heavy atom. The van der Waals surface area contributed by atoms with Gasteiger partial charge in [0.1, 0.15) is 11.3 Å². The number of para-hydroxylation sites is 1. The fourth-order valence-corrected chi connectivity index (χ4v) is 4.35. The lowest BCUT2D eigenvalue weighted by molar-refractivity contribution is -0.118. The fraction of sp³-hybridized carbons (Fsp3) is 0.0800. The van der Waals surface area contributed by atoms with E-state index in [0.29, 0.717) is 17.0 Å². The lowest BCUT2D eigenvalue weighted by atomic mass is 10.1. The number of benzene rings is 3. The van der Waals surface area contributed by atoms with Gasteiger partial charge >= 0.3 is 5.63 Å². The van der Waals surface area contributed by atoms with E-state index in [1.165, 1.54) is 10.8 Å². The Balaban J connectivity index is 1.18. The number of amides is 1. The van der Waals surface area contributed by atoms with Gasteiger partial charge in [0.05, 0.1) is 15.2 Å². The van der Waals surface area contributed by atoms with Crippen molar-refractivity contribution in [3.63, 3.8) is 0 Å². The molecule has 2 aromatic heterocycles. The number of thiazole rings is 1. The summed E-state index contributed by atoms with van der Waals surface area (Å²) >= 11 is 1.69. The summed E-state index contributed by atoms with van der Waals surface area (Å²) in [5.74, 6) is 0.173. The summed E-state index contributed by atoms with van der Waals surface area (Å²) in [6.45, 7) is -0.157. The van der Waals surface area contributed by atoms with Crippen molar-refractivity contribution in [2.75, 3.05) is 11.9 Å². The third-order valence-corrected chi connectivity index (χ3v) is 5.93. The average molecular weight is 442 g/mol. The lowest BCUT2D eigenvalue weighted by Crippen LogP contribution is -2.20. The number of aromatic nitrogens is 1. The molecule has 32 heavy (non-hydrogen) atoms. The number of nitrogens with zero attached hydrogens (tertiary/aromatic N) is 1. The SMILES string of the molecule is O=C(COc1ccc2ccc(=O)oc2c1)Nc1ccc(Cc2nc3ccccc3s2)cc1. The van der Waals surface area contributed by atoms with Crippen molar-refractivity contribution >= 4 is 44.1 Å². The molecule has 3 aromatic carbocycles. The fourth-order valence-electron chi connectivity index (χ4n) is 3.35. The van der Waals surface area contributed by atoms with E-state index < -0.39 is 5.63 Å². The minimum absolute atomic E-state index is 0.157. The van der Waals surface area contributed by atoms with Gasteiger partial charge in [-0.2, -0.15) is 0 Å². The van der Waals surface area contributed by atoms with Gasteiger partial charge in [-0.05, 0) is 48.0 Å². The van der Waals surface area contributed by atoms with Gasteiger partial charge in [-0.1, -0.05) is 24.3 Å². The van der Waals surface area contributed by atoms with Crippen LogP contribution in [0.3, 0.4) is 0 Å². The predicted octanol–water partition coefficient (Wildman–Crippen LogP) is 5.01. The first kappa shape index (κ1) is 20.0. The number of nitrogens with one attached hydrogen (secondary N) is 1. The number of hydrogen-bond acceptors (Lipinski definition) is 6. The highest BCUT2D eigenvalue weighted by molar-refractivity contribution is 7.18. The van der Waals surface area contributed by atoms with Crippen LogP contribution in [-0.4, -0.2) is 17.5 Å². The zero-order valence-electron chi connectivity index (χ0n) is 16.9. The number of hydrogen-bond donors (Lipinski definition) is 1. The van der Waals surface area contributed by atoms with Gasteiger partial charge in [0.25, 0.3) is 5.91 Å². The molecule has 0 aliphatic heterocycles. The van der Waals surface area contributed by atoms with Gasteiger partial charge in [-0.15, -0.1) is 11.3 Å². The summed E-state index contributed by atoms with van der Waals surface area (Å²) in [5, 5.41) is 4.66. The maximum Gasteiger partial charge on any atom is 0.336 e. The van der Waals surface area contributed by atoms with Crippen LogP contribution in [0.5, 0.6) is 5.75 Å². The summed E-state index contributed by atoms with van der Waals surface area (Å²) in [6, 6.07) is 23.9. The standard InChI is InChI=1S/C25H18N2O4S/c28-23(15-30-19-11-7-17-8-12-25(29)31-21(17)14-19)26-18-9-5-16(6-10-18)13-24-27-20-3-1-2-4-22(20)32-24/h1-12,14H,13,15H2,(H,26,28). The van der Waals surface area contributed by atoms with Crippen molar-refractivity contribution in [1.82, 2.24) is 4.98 Å². The van der Waals surface area contributed by atoms with Crippen LogP contribution in [0.4, 0.5) is 5.69 Å². The van der Waals surface area contributed by atoms with Gasteiger partial charge in [0.2, 0.25) is 0 Å². The van der Waals surface area contributed by atoms with E-state index in [0.717, 1.165) is 27.9 Å². The van der Waals surface area contributed by atoms with Gasteiger partial charge in [-0.3, -0.25) is 4.79 Å². The van der Waals surface area contributed by atoms with E-state index in [9.17, 15) is 9.59 Å². The van der Waals surface area contributed by atoms with Crippen LogP contribution < -0.4 is 15.7 Å². The zero-order valence-corrected chi connectivity index (χ0v) is 17.7. The summed E-state index contributed by atoms with van der Waals surface area (Å²) in [7, 11) is 0. The number of fused-ring (bicyclic) bond motifs is 2. The summed E-state index contributed by atoms with van der Waals surface area (Å²) in [4.78, 5) is 28.3. The van der Waals surface area contributed by atoms with Gasteiger partial charge in [-0.25, -0.2) is 9.78 Å². The summed E-state index contributed by atoms with van der Waals surface area (Å²) in [6.07, 6.45) is 0.745. The molecule has 0 aliphatic carbocycles. The molecule has 0 saturated heterocycles. The Kier molecular flexibility index (Phi) is 5.39. The Hall–Kier alpha value is -3.97. The van der Waals surface area contributed by atoms with Crippen molar-refractivity contribution in [2.45, 2.75) is 6.42 Å². The molecule has 0 fully saturated rings. The first-order chi connectivity index (χ1) is 15.6. The molecule has 2 heterocycles. The topological polar surface area (TPSA) is 81.4 Å². The average Bonchev–Trinajstić information content (AvgIpc) is 3.21. The second-order valence-corrected chi connectivity index (χ2v) is 8.36. The zero-order chi connectivity index (χ0) is 21.9. The molecule has 7 heteroatoms. The highest BCUT2D eigenvalue weighted by atomic mass is 32.1. The quantitative estimate of drug-likeness (QED) is 0.374. The highest BCUT2D eigenvalue weighted by Crippen LogP contribution is 2.24. The molecule has 1 N–H and O–H groups in total. The van der Waals surface area contributed by atoms with E-state index in [-0.39, 0.29) is 12.5 Å². The van der Waals surface area contributed by atoms with Crippen molar-refractivity contribution < 1.29 is 13.9 Å². The predicted molar refractivity (Wildman–Crippen MR) is 125 cm³/mol. The second-order valence-electron chi connectivity index (χ2n) is 7.24. The van der Waals surface area contributed by atoms with Crippen LogP contribution in [-0.2, 0) is 11.2 Å². The van der Waals surface area contributed by atoms with Crippen LogP contribution in [0.2, 0.25) is 0 Å². The number of anilines is 1. The molecule has 0 bridgehead atoms. The minimum atomic E-state index is -0.432. The molecular weight excluding hydrogens is 424 g/mol. The number of carbonyl (C=O) groups is 1. The molecule has 0 spiro atoms. The normalized spacial score (nSPS) is 11.0. The molecule has 5 rings (SSSR count). The van der Waals surface area contributed by atoms with Crippen molar-refractivity contribution in [3.05, 3.63) is 99.9 Å². The molecule has 0 unspecified atom stereocenters. The Labute approximate surface area is 187 Å². The van der Waals surface area contributed by atoms with Gasteiger partial charge in [0, 0.05) is 29.6 Å². The van der Waals surface area contributed by atoms with E-state index in [4.69, 9.17) is 9.15 Å². The largest absolute Gasteiger partial charge is 0.484 e.